The number of hydrogen-bond donors (Lipinski definition) is 1. The second kappa shape index (κ2) is 5.71. The van der Waals surface area contributed by atoms with E-state index in [9.17, 15) is 4.39 Å². The molecule has 0 radical (unpaired) electrons. The summed E-state index contributed by atoms with van der Waals surface area (Å²) in [6, 6.07) is 8.07. The lowest BCUT2D eigenvalue weighted by atomic mass is 10.1. The molecular formula is C12H19FN2. The lowest BCUT2D eigenvalue weighted by molar-refractivity contribution is 0.195. The van der Waals surface area contributed by atoms with Gasteiger partial charge in [-0.3, -0.25) is 4.90 Å². The van der Waals surface area contributed by atoms with Crippen LogP contribution in [0.15, 0.2) is 24.3 Å². The molecule has 0 aliphatic carbocycles. The summed E-state index contributed by atoms with van der Waals surface area (Å²) in [5, 5.41) is 0. The minimum absolute atomic E-state index is 0.315. The Morgan fingerprint density at radius 1 is 1.33 bits per heavy atom. The smallest absolute Gasteiger partial charge is 0.102 e. The SMILES string of the molecule is CC(C)N(CCF)Cc1ccccc1N. The van der Waals surface area contributed by atoms with Gasteiger partial charge in [-0.15, -0.1) is 0 Å². The third-order valence-electron chi connectivity index (χ3n) is 2.53. The number of rotatable bonds is 5. The molecule has 0 fully saturated rings. The molecular weight excluding hydrogens is 191 g/mol. The summed E-state index contributed by atoms with van der Waals surface area (Å²) in [5.74, 6) is 0. The number of anilines is 1. The summed E-state index contributed by atoms with van der Waals surface area (Å²) >= 11 is 0. The fourth-order valence-corrected chi connectivity index (χ4v) is 1.53. The minimum Gasteiger partial charge on any atom is -0.398 e. The quantitative estimate of drug-likeness (QED) is 0.756. The third-order valence-corrected chi connectivity index (χ3v) is 2.53. The summed E-state index contributed by atoms with van der Waals surface area (Å²) in [7, 11) is 0. The fourth-order valence-electron chi connectivity index (χ4n) is 1.53. The average Bonchev–Trinajstić information content (AvgIpc) is 2.20. The molecule has 0 spiro atoms. The van der Waals surface area contributed by atoms with Crippen LogP contribution in [0.2, 0.25) is 0 Å². The average molecular weight is 210 g/mol. The molecule has 0 atom stereocenters. The molecule has 15 heavy (non-hydrogen) atoms. The van der Waals surface area contributed by atoms with Gasteiger partial charge in [-0.05, 0) is 25.5 Å². The van der Waals surface area contributed by atoms with Crippen LogP contribution in [0.5, 0.6) is 0 Å². The van der Waals surface area contributed by atoms with E-state index in [4.69, 9.17) is 5.73 Å². The van der Waals surface area contributed by atoms with Crippen LogP contribution in [0.25, 0.3) is 0 Å². The van der Waals surface area contributed by atoms with E-state index >= 15 is 0 Å². The lowest BCUT2D eigenvalue weighted by Gasteiger charge is -2.25. The monoisotopic (exact) mass is 210 g/mol. The lowest BCUT2D eigenvalue weighted by Crippen LogP contribution is -2.32. The first kappa shape index (κ1) is 12.0. The Kier molecular flexibility index (Phi) is 4.56. The van der Waals surface area contributed by atoms with E-state index in [1.807, 2.05) is 24.3 Å². The Morgan fingerprint density at radius 2 is 2.00 bits per heavy atom. The van der Waals surface area contributed by atoms with Crippen LogP contribution in [0.1, 0.15) is 19.4 Å². The predicted octanol–water partition coefficient (Wildman–Crippen LogP) is 2.45. The number of nitrogen functional groups attached to an aromatic ring is 1. The highest BCUT2D eigenvalue weighted by atomic mass is 19.1. The van der Waals surface area contributed by atoms with E-state index in [1.165, 1.54) is 0 Å². The fraction of sp³-hybridized carbons (Fsp3) is 0.500. The standard InChI is InChI=1S/C12H19FN2/c1-10(2)15(8-7-13)9-11-5-3-4-6-12(11)14/h3-6,10H,7-9,14H2,1-2H3. The van der Waals surface area contributed by atoms with E-state index in [0.717, 1.165) is 11.3 Å². The Hall–Kier alpha value is -1.09. The van der Waals surface area contributed by atoms with Gasteiger partial charge < -0.3 is 5.73 Å². The molecule has 2 N–H and O–H groups in total. The highest BCUT2D eigenvalue weighted by Crippen LogP contribution is 2.14. The van der Waals surface area contributed by atoms with E-state index in [-0.39, 0.29) is 6.67 Å². The van der Waals surface area contributed by atoms with Crippen LogP contribution >= 0.6 is 0 Å². The molecule has 1 aromatic carbocycles. The summed E-state index contributed by atoms with van der Waals surface area (Å²) in [6.07, 6.45) is 0. The van der Waals surface area contributed by atoms with Crippen molar-refractivity contribution in [2.45, 2.75) is 26.4 Å². The van der Waals surface area contributed by atoms with Gasteiger partial charge in [-0.25, -0.2) is 4.39 Å². The number of alkyl halides is 1. The van der Waals surface area contributed by atoms with Gasteiger partial charge in [0.2, 0.25) is 0 Å². The van der Waals surface area contributed by atoms with E-state index in [1.54, 1.807) is 0 Å². The maximum Gasteiger partial charge on any atom is 0.102 e. The van der Waals surface area contributed by atoms with Crippen molar-refractivity contribution in [3.8, 4) is 0 Å². The maximum atomic E-state index is 12.3. The Labute approximate surface area is 90.9 Å². The van der Waals surface area contributed by atoms with Crippen molar-refractivity contribution in [2.24, 2.45) is 0 Å². The third kappa shape index (κ3) is 3.51. The van der Waals surface area contributed by atoms with Gasteiger partial charge in [0.25, 0.3) is 0 Å². The maximum absolute atomic E-state index is 12.3. The summed E-state index contributed by atoms with van der Waals surface area (Å²) in [4.78, 5) is 2.08. The van der Waals surface area contributed by atoms with Crippen LogP contribution in [0.3, 0.4) is 0 Å². The van der Waals surface area contributed by atoms with Gasteiger partial charge in [-0.1, -0.05) is 18.2 Å². The zero-order chi connectivity index (χ0) is 11.3. The van der Waals surface area contributed by atoms with Crippen molar-refractivity contribution in [2.75, 3.05) is 19.0 Å². The number of para-hydroxylation sites is 1. The molecule has 0 saturated heterocycles. The molecule has 0 aromatic heterocycles. The van der Waals surface area contributed by atoms with Crippen LogP contribution < -0.4 is 5.73 Å². The van der Waals surface area contributed by atoms with Gasteiger partial charge >= 0.3 is 0 Å². The molecule has 0 heterocycles. The van der Waals surface area contributed by atoms with E-state index in [2.05, 4.69) is 18.7 Å². The molecule has 1 rings (SSSR count). The normalized spacial score (nSPS) is 11.3. The number of halogens is 1. The minimum atomic E-state index is -0.315. The molecule has 0 bridgehead atoms. The van der Waals surface area contributed by atoms with E-state index < -0.39 is 0 Å². The van der Waals surface area contributed by atoms with Gasteiger partial charge in [0, 0.05) is 24.8 Å². The Bertz CT molecular complexity index is 299. The molecule has 2 nitrogen and oxygen atoms in total. The number of hydrogen-bond acceptors (Lipinski definition) is 2. The largest absolute Gasteiger partial charge is 0.398 e. The first-order valence-electron chi connectivity index (χ1n) is 5.28. The zero-order valence-electron chi connectivity index (χ0n) is 9.41. The molecule has 0 aliphatic rings. The van der Waals surface area contributed by atoms with Crippen LogP contribution in [-0.4, -0.2) is 24.2 Å². The number of benzene rings is 1. The van der Waals surface area contributed by atoms with Crippen molar-refractivity contribution >= 4 is 5.69 Å². The van der Waals surface area contributed by atoms with Crippen LogP contribution in [0.4, 0.5) is 10.1 Å². The Balaban J connectivity index is 2.69. The predicted molar refractivity (Wildman–Crippen MR) is 62.4 cm³/mol. The van der Waals surface area contributed by atoms with Crippen molar-refractivity contribution in [3.05, 3.63) is 29.8 Å². The zero-order valence-corrected chi connectivity index (χ0v) is 9.41. The topological polar surface area (TPSA) is 29.3 Å². The molecule has 0 amide bonds. The summed E-state index contributed by atoms with van der Waals surface area (Å²) < 4.78 is 12.3. The molecule has 1 aromatic rings. The van der Waals surface area contributed by atoms with Crippen molar-refractivity contribution in [3.63, 3.8) is 0 Å². The van der Waals surface area contributed by atoms with Gasteiger partial charge in [-0.2, -0.15) is 0 Å². The van der Waals surface area contributed by atoms with Crippen LogP contribution in [-0.2, 0) is 6.54 Å². The molecule has 0 saturated carbocycles. The van der Waals surface area contributed by atoms with Gasteiger partial charge in [0.1, 0.15) is 6.67 Å². The Morgan fingerprint density at radius 3 is 2.53 bits per heavy atom. The second-order valence-corrected chi connectivity index (χ2v) is 3.95. The van der Waals surface area contributed by atoms with Crippen molar-refractivity contribution in [1.29, 1.82) is 0 Å². The first-order chi connectivity index (χ1) is 7.15. The second-order valence-electron chi connectivity index (χ2n) is 3.95. The number of nitrogens with two attached hydrogens (primary N) is 1. The summed E-state index contributed by atoms with van der Waals surface area (Å²) in [5.41, 5.74) is 7.69. The van der Waals surface area contributed by atoms with Gasteiger partial charge in [0.15, 0.2) is 0 Å². The van der Waals surface area contributed by atoms with Crippen molar-refractivity contribution in [1.82, 2.24) is 4.90 Å². The highest BCUT2D eigenvalue weighted by molar-refractivity contribution is 5.46. The molecule has 0 unspecified atom stereocenters. The first-order valence-corrected chi connectivity index (χ1v) is 5.28. The molecule has 3 heteroatoms. The van der Waals surface area contributed by atoms with Gasteiger partial charge in [0.05, 0.1) is 0 Å². The molecule has 0 aliphatic heterocycles. The summed E-state index contributed by atoms with van der Waals surface area (Å²) in [6.45, 7) is 4.99. The van der Waals surface area contributed by atoms with Crippen LogP contribution in [0, 0.1) is 0 Å². The molecule has 84 valence electrons. The number of nitrogens with zero attached hydrogens (tertiary/aromatic N) is 1. The van der Waals surface area contributed by atoms with E-state index in [0.29, 0.717) is 19.1 Å². The van der Waals surface area contributed by atoms with Crippen molar-refractivity contribution < 1.29 is 4.39 Å². The highest BCUT2D eigenvalue weighted by Gasteiger charge is 2.10.